The number of amides is 1. The molecule has 0 bridgehead atoms. The molecular formula is C5H11N2O9P. The van der Waals surface area contributed by atoms with Crippen LogP contribution in [0.5, 0.6) is 0 Å². The third-order valence-corrected chi connectivity index (χ3v) is 1.34. The molecule has 0 rings (SSSR count). The predicted molar refractivity (Wildman–Crippen MR) is 50.6 cm³/mol. The molecule has 0 spiro atoms. The van der Waals surface area contributed by atoms with E-state index in [-0.39, 0.29) is 0 Å². The van der Waals surface area contributed by atoms with Gasteiger partial charge in [-0.25, -0.2) is 9.36 Å². The summed E-state index contributed by atoms with van der Waals surface area (Å²) in [7, 11) is -4.70. The fourth-order valence-electron chi connectivity index (χ4n) is 0.393. The van der Waals surface area contributed by atoms with Gasteiger partial charge in [0.15, 0.2) is 0 Å². The number of aliphatic carboxylic acids is 2. The van der Waals surface area contributed by atoms with Crippen LogP contribution in [0.15, 0.2) is 0 Å². The minimum atomic E-state index is -4.70. The van der Waals surface area contributed by atoms with Gasteiger partial charge in [0.25, 0.3) is 0 Å². The Bertz CT molecular complexity index is 336. The van der Waals surface area contributed by atoms with E-state index >= 15 is 0 Å². The summed E-state index contributed by atoms with van der Waals surface area (Å²) >= 11 is 0. The Kier molecular flexibility index (Phi) is 7.88. The molecule has 0 aromatic carbocycles. The highest BCUT2D eigenvalue weighted by Gasteiger charge is 2.17. The maximum atomic E-state index is 9.85. The maximum absolute atomic E-state index is 9.85. The van der Waals surface area contributed by atoms with E-state index < -0.39 is 38.3 Å². The van der Waals surface area contributed by atoms with Gasteiger partial charge >= 0.3 is 25.9 Å². The zero-order valence-corrected chi connectivity index (χ0v) is 9.11. The van der Waals surface area contributed by atoms with Gasteiger partial charge in [0, 0.05) is 0 Å². The number of carboxylic acids is 2. The Morgan fingerprint density at radius 1 is 1.24 bits per heavy atom. The molecule has 8 N–H and O–H groups in total. The van der Waals surface area contributed by atoms with Crippen LogP contribution >= 0.6 is 7.82 Å². The van der Waals surface area contributed by atoms with E-state index in [0.717, 1.165) is 0 Å². The second kappa shape index (κ2) is 7.57. The summed E-state index contributed by atoms with van der Waals surface area (Å²) in [6.07, 6.45) is -2.02. The van der Waals surface area contributed by atoms with Gasteiger partial charge in [0.2, 0.25) is 0 Å². The summed E-state index contributed by atoms with van der Waals surface area (Å²) in [5.74, 6) is -2.50. The number of phosphoric acid groups is 1. The first-order chi connectivity index (χ1) is 7.45. The van der Waals surface area contributed by atoms with Gasteiger partial charge in [-0.3, -0.25) is 19.4 Å². The van der Waals surface area contributed by atoms with Crippen molar-refractivity contribution >= 4 is 25.9 Å². The lowest BCUT2D eigenvalue weighted by molar-refractivity contribution is -0.144. The van der Waals surface area contributed by atoms with Crippen molar-refractivity contribution in [2.75, 3.05) is 0 Å². The molecule has 100 valence electrons. The second-order valence-electron chi connectivity index (χ2n) is 2.44. The lowest BCUT2D eigenvalue weighted by Crippen LogP contribution is -2.32. The molecule has 12 heteroatoms. The Labute approximate surface area is 94.2 Å². The number of carbonyl (C=O) groups is 3. The number of carbonyl (C=O) groups excluding carboxylic acids is 1. The molecule has 0 aromatic rings. The first kappa shape index (κ1) is 17.7. The van der Waals surface area contributed by atoms with Crippen molar-refractivity contribution in [2.24, 2.45) is 11.5 Å². The lowest BCUT2D eigenvalue weighted by Gasteiger charge is -1.99. The van der Waals surface area contributed by atoms with Crippen molar-refractivity contribution in [3.05, 3.63) is 0 Å². The molecular weight excluding hydrogens is 263 g/mol. The summed E-state index contributed by atoms with van der Waals surface area (Å²) in [5.41, 5.74) is 9.06. The van der Waals surface area contributed by atoms with Crippen LogP contribution in [0.1, 0.15) is 6.42 Å². The molecule has 1 atom stereocenters. The molecule has 0 radical (unpaired) electrons. The normalized spacial score (nSPS) is 11.7. The number of hydrogen-bond donors (Lipinski definition) is 6. The Morgan fingerprint density at radius 3 is 1.71 bits per heavy atom. The quantitative estimate of drug-likeness (QED) is 0.311. The highest BCUT2D eigenvalue weighted by molar-refractivity contribution is 7.46. The summed E-state index contributed by atoms with van der Waals surface area (Å²) in [5, 5.41) is 16.0. The molecule has 0 saturated carbocycles. The third kappa shape index (κ3) is 17.0. The van der Waals surface area contributed by atoms with Crippen molar-refractivity contribution in [3.8, 4) is 0 Å². The number of hydrogen-bond acceptors (Lipinski definition) is 6. The maximum Gasteiger partial charge on any atom is 0.528 e. The van der Waals surface area contributed by atoms with E-state index in [1.807, 2.05) is 0 Å². The highest BCUT2D eigenvalue weighted by Crippen LogP contribution is 2.35. The standard InChI is InChI=1S/C4H7NO4.CH4NO5P/c5-2(4(8)9)1-3(6)7;2-1(3)7-8(4,5)6/h2H,1,5H2,(H,6,7)(H,8,9);(H2,2,3)(H2,4,5,6)/t2-;/m0./s1. The fourth-order valence-corrected chi connectivity index (χ4v) is 0.627. The monoisotopic (exact) mass is 274 g/mol. The van der Waals surface area contributed by atoms with Crippen molar-refractivity contribution < 1.29 is 43.5 Å². The highest BCUT2D eigenvalue weighted by atomic mass is 31.2. The van der Waals surface area contributed by atoms with Gasteiger partial charge in [-0.2, -0.15) is 0 Å². The Balaban J connectivity index is 0. The van der Waals surface area contributed by atoms with E-state index in [2.05, 4.69) is 10.3 Å². The smallest absolute Gasteiger partial charge is 0.481 e. The molecule has 0 aliphatic rings. The number of primary amides is 1. The van der Waals surface area contributed by atoms with Gasteiger partial charge in [0.1, 0.15) is 6.04 Å². The van der Waals surface area contributed by atoms with Crippen LogP contribution in [0.4, 0.5) is 4.79 Å². The van der Waals surface area contributed by atoms with Crippen LogP contribution in [-0.2, 0) is 18.7 Å². The van der Waals surface area contributed by atoms with E-state index in [0.29, 0.717) is 0 Å². The number of rotatable bonds is 4. The Morgan fingerprint density at radius 2 is 1.65 bits per heavy atom. The van der Waals surface area contributed by atoms with E-state index in [1.165, 1.54) is 0 Å². The zero-order chi connectivity index (χ0) is 14.2. The van der Waals surface area contributed by atoms with Crippen LogP contribution in [-0.4, -0.2) is 44.1 Å². The number of carboxylic acid groups (broad SMARTS) is 2. The van der Waals surface area contributed by atoms with E-state index in [4.69, 9.17) is 25.7 Å². The van der Waals surface area contributed by atoms with Gasteiger partial charge in [-0.05, 0) is 0 Å². The van der Waals surface area contributed by atoms with Gasteiger partial charge in [-0.1, -0.05) is 0 Å². The largest absolute Gasteiger partial charge is 0.528 e. The molecule has 0 aromatic heterocycles. The van der Waals surface area contributed by atoms with E-state index in [9.17, 15) is 18.9 Å². The molecule has 17 heavy (non-hydrogen) atoms. The van der Waals surface area contributed by atoms with Crippen LogP contribution in [0.2, 0.25) is 0 Å². The summed E-state index contributed by atoms with van der Waals surface area (Å²) < 4.78 is 12.9. The molecule has 0 saturated heterocycles. The molecule has 0 aliphatic carbocycles. The van der Waals surface area contributed by atoms with Crippen LogP contribution in [0.25, 0.3) is 0 Å². The van der Waals surface area contributed by atoms with Crippen LogP contribution in [0, 0.1) is 0 Å². The average molecular weight is 274 g/mol. The molecule has 0 unspecified atom stereocenters. The SMILES string of the molecule is NC(=O)OP(=O)(O)O.N[C@@H](CC(=O)O)C(=O)O. The summed E-state index contributed by atoms with van der Waals surface area (Å²) in [6.45, 7) is 0. The summed E-state index contributed by atoms with van der Waals surface area (Å²) in [4.78, 5) is 44.7. The zero-order valence-electron chi connectivity index (χ0n) is 8.22. The molecule has 0 aliphatic heterocycles. The predicted octanol–water partition coefficient (Wildman–Crippen LogP) is -1.95. The third-order valence-electron chi connectivity index (χ3n) is 0.921. The van der Waals surface area contributed by atoms with Crippen molar-refractivity contribution in [1.82, 2.24) is 0 Å². The van der Waals surface area contributed by atoms with Gasteiger partial charge in [-0.15, -0.1) is 0 Å². The minimum absolute atomic E-state index is 0.532. The fraction of sp³-hybridized carbons (Fsp3) is 0.400. The first-order valence-corrected chi connectivity index (χ1v) is 5.23. The second-order valence-corrected chi connectivity index (χ2v) is 3.61. The molecule has 0 fully saturated rings. The first-order valence-electron chi connectivity index (χ1n) is 3.70. The molecule has 11 nitrogen and oxygen atoms in total. The van der Waals surface area contributed by atoms with Crippen LogP contribution in [0.3, 0.4) is 0 Å². The summed E-state index contributed by atoms with van der Waals surface area (Å²) in [6, 6.07) is -1.29. The average Bonchev–Trinajstić information content (AvgIpc) is 1.98. The van der Waals surface area contributed by atoms with Crippen molar-refractivity contribution in [3.63, 3.8) is 0 Å². The molecule has 0 heterocycles. The topological polar surface area (TPSA) is 210 Å². The van der Waals surface area contributed by atoms with E-state index in [1.54, 1.807) is 0 Å². The Hall–Kier alpha value is -1.68. The minimum Gasteiger partial charge on any atom is -0.481 e. The van der Waals surface area contributed by atoms with Crippen molar-refractivity contribution in [1.29, 1.82) is 0 Å². The number of nitrogens with two attached hydrogens (primary N) is 2. The van der Waals surface area contributed by atoms with Gasteiger partial charge < -0.3 is 26.2 Å². The van der Waals surface area contributed by atoms with Crippen molar-refractivity contribution in [2.45, 2.75) is 12.5 Å². The lowest BCUT2D eigenvalue weighted by atomic mass is 10.2. The number of phosphoric ester groups is 1. The van der Waals surface area contributed by atoms with Crippen LogP contribution < -0.4 is 11.5 Å². The molecule has 1 amide bonds. The van der Waals surface area contributed by atoms with Gasteiger partial charge in [0.05, 0.1) is 6.42 Å².